The molecule has 150 valence electrons. The third-order valence-corrected chi connectivity index (χ3v) is 4.94. The highest BCUT2D eigenvalue weighted by Crippen LogP contribution is 2.37. The quantitative estimate of drug-likeness (QED) is 0.481. The monoisotopic (exact) mass is 431 g/mol. The van der Waals surface area contributed by atoms with Crippen LogP contribution in [0.2, 0.25) is 10.0 Å². The number of nitrogens with zero attached hydrogens (tertiary/aromatic N) is 1. The van der Waals surface area contributed by atoms with Gasteiger partial charge in [-0.25, -0.2) is 0 Å². The smallest absolute Gasteiger partial charge is 0.387 e. The molecule has 0 radical (unpaired) electrons. The van der Waals surface area contributed by atoms with Crippen molar-refractivity contribution in [3.63, 3.8) is 0 Å². The van der Waals surface area contributed by atoms with Gasteiger partial charge in [0.15, 0.2) is 11.5 Å². The minimum absolute atomic E-state index is 0.0794. The summed E-state index contributed by atoms with van der Waals surface area (Å²) in [5, 5.41) is 0.657. The lowest BCUT2D eigenvalue weighted by atomic mass is 10.0. The Morgan fingerprint density at radius 3 is 2.50 bits per heavy atom. The fourth-order valence-electron chi connectivity index (χ4n) is 2.65. The van der Waals surface area contributed by atoms with Crippen molar-refractivity contribution in [2.24, 2.45) is 5.92 Å². The van der Waals surface area contributed by atoms with Gasteiger partial charge in [0.2, 0.25) is 0 Å². The highest BCUT2D eigenvalue weighted by molar-refractivity contribution is 6.35. The second-order valence-electron chi connectivity index (χ2n) is 6.35. The average molecular weight is 432 g/mol. The molecule has 0 N–H and O–H groups in total. The highest BCUT2D eigenvalue weighted by Gasteiger charge is 2.24. The molecule has 0 saturated heterocycles. The Labute approximate surface area is 170 Å². The van der Waals surface area contributed by atoms with Gasteiger partial charge in [-0.1, -0.05) is 29.3 Å². The molecule has 1 heterocycles. The van der Waals surface area contributed by atoms with Crippen LogP contribution in [0.15, 0.2) is 30.6 Å². The summed E-state index contributed by atoms with van der Waals surface area (Å²) < 4.78 is 40.8. The van der Waals surface area contributed by atoms with Crippen LogP contribution in [0.4, 0.5) is 8.78 Å². The highest BCUT2D eigenvalue weighted by atomic mass is 35.5. The third kappa shape index (κ3) is 5.45. The van der Waals surface area contributed by atoms with E-state index < -0.39 is 12.7 Å². The molecular weight excluding hydrogens is 415 g/mol. The zero-order valence-corrected chi connectivity index (χ0v) is 16.1. The van der Waals surface area contributed by atoms with Gasteiger partial charge in [0.25, 0.3) is 6.47 Å². The first-order valence-electron chi connectivity index (χ1n) is 8.56. The predicted molar refractivity (Wildman–Crippen MR) is 99.1 cm³/mol. The van der Waals surface area contributed by atoms with Crippen LogP contribution in [0.1, 0.15) is 30.1 Å². The van der Waals surface area contributed by atoms with E-state index in [-0.39, 0.29) is 17.9 Å². The minimum atomic E-state index is -2.98. The molecule has 0 amide bonds. The van der Waals surface area contributed by atoms with Crippen molar-refractivity contribution in [2.45, 2.75) is 32.0 Å². The maximum Gasteiger partial charge on any atom is 0.387 e. The van der Waals surface area contributed by atoms with Crippen LogP contribution in [0.25, 0.3) is 0 Å². The Morgan fingerprint density at radius 1 is 1.18 bits per heavy atom. The summed E-state index contributed by atoms with van der Waals surface area (Å²) in [4.78, 5) is 14.9. The van der Waals surface area contributed by atoms with Crippen molar-refractivity contribution < 1.29 is 27.8 Å². The van der Waals surface area contributed by atoms with Gasteiger partial charge in [-0.2, -0.15) is 8.78 Å². The van der Waals surface area contributed by atoms with E-state index in [0.717, 1.165) is 12.8 Å². The number of pyridine rings is 1. The van der Waals surface area contributed by atoms with Crippen LogP contribution < -0.4 is 9.47 Å². The van der Waals surface area contributed by atoms with Crippen molar-refractivity contribution in [3.8, 4) is 11.5 Å². The van der Waals surface area contributed by atoms with Gasteiger partial charge in [0.05, 0.1) is 16.7 Å². The molecule has 1 aromatic heterocycles. The molecule has 1 saturated carbocycles. The first-order chi connectivity index (χ1) is 13.5. The summed E-state index contributed by atoms with van der Waals surface area (Å²) in [6.07, 6.45) is 4.38. The van der Waals surface area contributed by atoms with E-state index in [4.69, 9.17) is 32.7 Å². The van der Waals surface area contributed by atoms with Gasteiger partial charge < -0.3 is 14.2 Å². The van der Waals surface area contributed by atoms with E-state index in [1.165, 1.54) is 30.6 Å². The molecule has 0 bridgehead atoms. The summed E-state index contributed by atoms with van der Waals surface area (Å²) in [5.41, 5.74) is 1.09. The lowest BCUT2D eigenvalue weighted by molar-refractivity contribution is -0.133. The van der Waals surface area contributed by atoms with Crippen molar-refractivity contribution in [1.29, 1.82) is 0 Å². The Balaban J connectivity index is 1.88. The van der Waals surface area contributed by atoms with Crippen LogP contribution in [0, 0.1) is 5.92 Å². The largest absolute Gasteiger partial charge is 0.489 e. The van der Waals surface area contributed by atoms with E-state index in [0.29, 0.717) is 40.2 Å². The number of benzene rings is 1. The Bertz CT molecular complexity index is 813. The normalized spacial score (nSPS) is 14.6. The first kappa shape index (κ1) is 20.6. The van der Waals surface area contributed by atoms with Gasteiger partial charge in [-0.15, -0.1) is 0 Å². The number of carbonyl (C=O) groups excluding carboxylic acids is 1. The Hall–Kier alpha value is -2.12. The topological polar surface area (TPSA) is 57.7 Å². The van der Waals surface area contributed by atoms with Crippen LogP contribution in [0.3, 0.4) is 0 Å². The fraction of sp³-hybridized carbons (Fsp3) is 0.368. The third-order valence-electron chi connectivity index (χ3n) is 4.29. The lowest BCUT2D eigenvalue weighted by Gasteiger charge is -2.19. The van der Waals surface area contributed by atoms with Crippen LogP contribution in [-0.4, -0.2) is 24.7 Å². The molecule has 5 nitrogen and oxygen atoms in total. The van der Waals surface area contributed by atoms with E-state index in [9.17, 15) is 13.6 Å². The zero-order valence-electron chi connectivity index (χ0n) is 14.6. The van der Waals surface area contributed by atoms with Gasteiger partial charge >= 0.3 is 6.61 Å². The molecular formula is C19H17Cl2F2NO4. The van der Waals surface area contributed by atoms with E-state index in [1.54, 1.807) is 0 Å². The number of aromatic nitrogens is 1. The second kappa shape index (κ2) is 9.39. The van der Waals surface area contributed by atoms with Crippen molar-refractivity contribution in [2.75, 3.05) is 6.61 Å². The molecule has 9 heteroatoms. The Morgan fingerprint density at radius 2 is 1.89 bits per heavy atom. The number of rotatable bonds is 10. The second-order valence-corrected chi connectivity index (χ2v) is 7.16. The molecule has 1 aliphatic rings. The number of alkyl halides is 2. The zero-order chi connectivity index (χ0) is 20.1. The SMILES string of the molecule is O=CO[C@@H](Cc1c(Cl)cncc1Cl)c1ccc(OC(F)F)c(OCC2CC2)c1. The molecule has 0 spiro atoms. The maximum absolute atomic E-state index is 12.7. The van der Waals surface area contributed by atoms with Crippen molar-refractivity contribution in [3.05, 3.63) is 51.8 Å². The molecule has 1 aromatic carbocycles. The summed E-state index contributed by atoms with van der Waals surface area (Å²) in [7, 11) is 0. The summed E-state index contributed by atoms with van der Waals surface area (Å²) in [6.45, 7) is -2.27. The molecule has 1 fully saturated rings. The fourth-order valence-corrected chi connectivity index (χ4v) is 3.17. The molecule has 0 aliphatic heterocycles. The van der Waals surface area contributed by atoms with Gasteiger partial charge in [0.1, 0.15) is 6.10 Å². The first-order valence-corrected chi connectivity index (χ1v) is 9.32. The number of halogens is 4. The molecule has 1 aliphatic carbocycles. The summed E-state index contributed by atoms with van der Waals surface area (Å²) >= 11 is 12.3. The molecule has 2 aromatic rings. The van der Waals surface area contributed by atoms with Crippen LogP contribution in [-0.2, 0) is 16.0 Å². The summed E-state index contributed by atoms with van der Waals surface area (Å²) in [5.74, 6) is 0.500. The van der Waals surface area contributed by atoms with Crippen LogP contribution >= 0.6 is 23.2 Å². The van der Waals surface area contributed by atoms with Crippen molar-refractivity contribution >= 4 is 29.7 Å². The standard InChI is InChI=1S/C19H17Cl2F2NO4/c20-14-7-24-8-15(21)13(14)6-17(27-10-25)12-3-4-16(28-19(22)23)18(5-12)26-9-11-1-2-11/h3-5,7-8,10-11,17,19H,1-2,6,9H2/t17-/m0/s1. The summed E-state index contributed by atoms with van der Waals surface area (Å²) in [6, 6.07) is 4.41. The minimum Gasteiger partial charge on any atom is -0.489 e. The number of hydrogen-bond acceptors (Lipinski definition) is 5. The van der Waals surface area contributed by atoms with Crippen LogP contribution in [0.5, 0.6) is 11.5 Å². The van der Waals surface area contributed by atoms with E-state index in [2.05, 4.69) is 9.72 Å². The Kier molecular flexibility index (Phi) is 6.91. The van der Waals surface area contributed by atoms with Gasteiger partial charge in [-0.05, 0) is 42.0 Å². The molecule has 28 heavy (non-hydrogen) atoms. The molecule has 1 atom stereocenters. The van der Waals surface area contributed by atoms with E-state index >= 15 is 0 Å². The molecule has 3 rings (SSSR count). The van der Waals surface area contributed by atoms with Gasteiger partial charge in [0, 0.05) is 18.8 Å². The van der Waals surface area contributed by atoms with E-state index in [1.807, 2.05) is 0 Å². The number of ether oxygens (including phenoxy) is 3. The number of carbonyl (C=O) groups is 1. The van der Waals surface area contributed by atoms with Crippen molar-refractivity contribution in [1.82, 2.24) is 4.98 Å². The molecule has 0 unspecified atom stereocenters. The maximum atomic E-state index is 12.7. The predicted octanol–water partition coefficient (Wildman–Crippen LogP) is 5.24. The lowest BCUT2D eigenvalue weighted by Crippen LogP contribution is -2.10. The average Bonchev–Trinajstić information content (AvgIpc) is 3.47. The van der Waals surface area contributed by atoms with Gasteiger partial charge in [-0.3, -0.25) is 9.78 Å². The number of hydrogen-bond donors (Lipinski definition) is 0.